The van der Waals surface area contributed by atoms with Crippen molar-refractivity contribution in [3.05, 3.63) is 70.0 Å². The summed E-state index contributed by atoms with van der Waals surface area (Å²) in [5.41, 5.74) is 2.59. The van der Waals surface area contributed by atoms with Crippen LogP contribution in [0.3, 0.4) is 0 Å². The van der Waals surface area contributed by atoms with Crippen molar-refractivity contribution in [3.63, 3.8) is 0 Å². The number of aryl methyl sites for hydroxylation is 1. The molecule has 0 aliphatic carbocycles. The average molecular weight is 307 g/mol. The van der Waals surface area contributed by atoms with Gasteiger partial charge in [-0.05, 0) is 49.1 Å². The van der Waals surface area contributed by atoms with Gasteiger partial charge in [0.25, 0.3) is 0 Å². The van der Waals surface area contributed by atoms with Crippen molar-refractivity contribution in [1.29, 1.82) is 0 Å². The van der Waals surface area contributed by atoms with E-state index in [1.165, 1.54) is 18.2 Å². The summed E-state index contributed by atoms with van der Waals surface area (Å²) in [6.07, 6.45) is 0.599. The quantitative estimate of drug-likeness (QED) is 0.895. The third kappa shape index (κ3) is 4.30. The van der Waals surface area contributed by atoms with Gasteiger partial charge in [-0.2, -0.15) is 0 Å². The number of carbonyl (C=O) groups is 1. The van der Waals surface area contributed by atoms with Gasteiger partial charge in [-0.25, -0.2) is 4.39 Å². The van der Waals surface area contributed by atoms with Crippen LogP contribution in [0.4, 0.5) is 4.39 Å². The third-order valence-electron chi connectivity index (χ3n) is 3.43. The summed E-state index contributed by atoms with van der Waals surface area (Å²) in [6, 6.07) is 11.7. The number of halogens is 2. The van der Waals surface area contributed by atoms with Crippen LogP contribution in [0.15, 0.2) is 42.5 Å². The molecule has 2 rings (SSSR count). The second-order valence-electron chi connectivity index (χ2n) is 5.16. The number of benzene rings is 2. The molecule has 110 valence electrons. The topological polar surface area (TPSA) is 37.3 Å². The maximum atomic E-state index is 13.3. The normalized spacial score (nSPS) is 12.1. The van der Waals surface area contributed by atoms with Crippen LogP contribution >= 0.6 is 11.6 Å². The molecule has 4 heteroatoms. The summed E-state index contributed by atoms with van der Waals surface area (Å²) in [7, 11) is 0. The Morgan fingerprint density at radius 1 is 1.19 bits per heavy atom. The molecule has 1 unspecified atom stereocenters. The molecule has 1 atom stereocenters. The summed E-state index contributed by atoms with van der Waals surface area (Å²) in [4.78, 5) is 11.4. The van der Waals surface area contributed by atoms with Gasteiger partial charge in [-0.1, -0.05) is 41.4 Å². The Hall–Kier alpha value is -1.87. The maximum absolute atomic E-state index is 13.3. The lowest BCUT2D eigenvalue weighted by Crippen LogP contribution is -2.19. The van der Waals surface area contributed by atoms with Gasteiger partial charge < -0.3 is 5.11 Å². The Morgan fingerprint density at radius 3 is 2.48 bits per heavy atom. The largest absolute Gasteiger partial charge is 0.481 e. The Balaban J connectivity index is 2.17. The summed E-state index contributed by atoms with van der Waals surface area (Å²) in [6.45, 7) is 1.98. The van der Waals surface area contributed by atoms with Crippen LogP contribution in [0, 0.1) is 18.7 Å². The van der Waals surface area contributed by atoms with Gasteiger partial charge in [0.2, 0.25) is 0 Å². The first-order chi connectivity index (χ1) is 9.95. The molecule has 0 aliphatic rings. The first-order valence-corrected chi connectivity index (χ1v) is 7.06. The molecule has 0 aliphatic heterocycles. The summed E-state index contributed by atoms with van der Waals surface area (Å²) in [5, 5.41) is 9.77. The van der Waals surface area contributed by atoms with E-state index in [1.807, 2.05) is 31.2 Å². The minimum atomic E-state index is -0.907. The molecule has 0 amide bonds. The molecule has 2 aromatic carbocycles. The lowest BCUT2D eigenvalue weighted by Gasteiger charge is -2.14. The van der Waals surface area contributed by atoms with Crippen LogP contribution in [0.25, 0.3) is 0 Å². The van der Waals surface area contributed by atoms with Crippen molar-refractivity contribution in [1.82, 2.24) is 0 Å². The van der Waals surface area contributed by atoms with Crippen molar-refractivity contribution in [2.24, 2.45) is 5.92 Å². The molecule has 0 spiro atoms. The van der Waals surface area contributed by atoms with E-state index in [4.69, 9.17) is 11.6 Å². The van der Waals surface area contributed by atoms with E-state index < -0.39 is 17.7 Å². The molecule has 2 nitrogen and oxygen atoms in total. The number of carboxylic acid groups (broad SMARTS) is 1. The van der Waals surface area contributed by atoms with E-state index >= 15 is 0 Å². The van der Waals surface area contributed by atoms with Crippen molar-refractivity contribution in [2.75, 3.05) is 0 Å². The summed E-state index contributed by atoms with van der Waals surface area (Å²) in [5.74, 6) is -1.95. The molecule has 0 bridgehead atoms. The Kier molecular flexibility index (Phi) is 4.97. The molecule has 21 heavy (non-hydrogen) atoms. The molecule has 0 heterocycles. The monoisotopic (exact) mass is 306 g/mol. The Bertz CT molecular complexity index is 638. The second-order valence-corrected chi connectivity index (χ2v) is 5.57. The van der Waals surface area contributed by atoms with Gasteiger partial charge in [-0.3, -0.25) is 4.79 Å². The molecular weight excluding hydrogens is 291 g/mol. The van der Waals surface area contributed by atoms with Crippen LogP contribution in [0.2, 0.25) is 5.02 Å². The van der Waals surface area contributed by atoms with Gasteiger partial charge in [0.15, 0.2) is 0 Å². The van der Waals surface area contributed by atoms with E-state index in [0.717, 1.165) is 11.1 Å². The number of hydrogen-bond donors (Lipinski definition) is 1. The van der Waals surface area contributed by atoms with Gasteiger partial charge in [-0.15, -0.1) is 0 Å². The van der Waals surface area contributed by atoms with Crippen molar-refractivity contribution < 1.29 is 14.3 Å². The predicted octanol–water partition coefficient (Wildman–Crippen LogP) is 4.27. The molecule has 0 saturated heterocycles. The standard InChI is InChI=1S/C17H16ClFO2/c1-11-2-4-12(5-3-11)8-14(17(20)21)9-13-10-15(19)6-7-16(13)18/h2-7,10,14H,8-9H2,1H3,(H,20,21). The highest BCUT2D eigenvalue weighted by Gasteiger charge is 2.20. The van der Waals surface area contributed by atoms with Gasteiger partial charge in [0.1, 0.15) is 5.82 Å². The molecule has 0 fully saturated rings. The van der Waals surface area contributed by atoms with Crippen LogP contribution in [0.1, 0.15) is 16.7 Å². The Labute approximate surface area is 128 Å². The van der Waals surface area contributed by atoms with Gasteiger partial charge in [0.05, 0.1) is 5.92 Å². The first-order valence-electron chi connectivity index (χ1n) is 6.68. The minimum absolute atomic E-state index is 0.208. The lowest BCUT2D eigenvalue weighted by atomic mass is 9.92. The van der Waals surface area contributed by atoms with E-state index in [0.29, 0.717) is 17.0 Å². The Morgan fingerprint density at radius 2 is 1.86 bits per heavy atom. The number of carboxylic acids is 1. The summed E-state index contributed by atoms with van der Waals surface area (Å²) >= 11 is 6.01. The van der Waals surface area contributed by atoms with Crippen LogP contribution < -0.4 is 0 Å². The SMILES string of the molecule is Cc1ccc(CC(Cc2cc(F)ccc2Cl)C(=O)O)cc1. The fraction of sp³-hybridized carbons (Fsp3) is 0.235. The smallest absolute Gasteiger partial charge is 0.307 e. The number of hydrogen-bond acceptors (Lipinski definition) is 1. The molecule has 2 aromatic rings. The lowest BCUT2D eigenvalue weighted by molar-refractivity contribution is -0.141. The summed E-state index contributed by atoms with van der Waals surface area (Å²) < 4.78 is 13.3. The number of aliphatic carboxylic acids is 1. The molecular formula is C17H16ClFO2. The predicted molar refractivity (Wildman–Crippen MR) is 81.1 cm³/mol. The van der Waals surface area contributed by atoms with Crippen molar-refractivity contribution in [3.8, 4) is 0 Å². The molecule has 0 aromatic heterocycles. The zero-order valence-electron chi connectivity index (χ0n) is 11.6. The first kappa shape index (κ1) is 15.5. The maximum Gasteiger partial charge on any atom is 0.307 e. The van der Waals surface area contributed by atoms with Crippen LogP contribution in [-0.2, 0) is 17.6 Å². The minimum Gasteiger partial charge on any atom is -0.481 e. The molecule has 0 radical (unpaired) electrons. The number of rotatable bonds is 5. The zero-order chi connectivity index (χ0) is 15.4. The second kappa shape index (κ2) is 6.72. The highest BCUT2D eigenvalue weighted by atomic mass is 35.5. The van der Waals surface area contributed by atoms with Crippen molar-refractivity contribution >= 4 is 17.6 Å². The molecule has 1 N–H and O–H groups in total. The fourth-order valence-electron chi connectivity index (χ4n) is 2.22. The van der Waals surface area contributed by atoms with Crippen LogP contribution in [-0.4, -0.2) is 11.1 Å². The van der Waals surface area contributed by atoms with E-state index in [2.05, 4.69) is 0 Å². The molecule has 0 saturated carbocycles. The highest BCUT2D eigenvalue weighted by molar-refractivity contribution is 6.31. The van der Waals surface area contributed by atoms with E-state index in [9.17, 15) is 14.3 Å². The van der Waals surface area contributed by atoms with Gasteiger partial charge >= 0.3 is 5.97 Å². The zero-order valence-corrected chi connectivity index (χ0v) is 12.4. The van der Waals surface area contributed by atoms with Crippen LogP contribution in [0.5, 0.6) is 0 Å². The third-order valence-corrected chi connectivity index (χ3v) is 3.79. The highest BCUT2D eigenvalue weighted by Crippen LogP contribution is 2.23. The van der Waals surface area contributed by atoms with Crippen molar-refractivity contribution in [2.45, 2.75) is 19.8 Å². The van der Waals surface area contributed by atoms with E-state index in [1.54, 1.807) is 0 Å². The van der Waals surface area contributed by atoms with E-state index in [-0.39, 0.29) is 6.42 Å². The fourth-order valence-corrected chi connectivity index (χ4v) is 2.42. The average Bonchev–Trinajstić information content (AvgIpc) is 2.44. The van der Waals surface area contributed by atoms with Gasteiger partial charge in [0, 0.05) is 5.02 Å².